The van der Waals surface area contributed by atoms with Crippen LogP contribution in [0.1, 0.15) is 29.1 Å². The summed E-state index contributed by atoms with van der Waals surface area (Å²) in [4.78, 5) is 33.8. The Bertz CT molecular complexity index is 1170. The van der Waals surface area contributed by atoms with Gasteiger partial charge < -0.3 is 19.5 Å². The number of carbonyl (C=O) groups excluding carboxylic acids is 2. The smallest absolute Gasteiger partial charge is 0.274 e. The molecule has 1 aliphatic heterocycles. The van der Waals surface area contributed by atoms with Gasteiger partial charge >= 0.3 is 0 Å². The Morgan fingerprint density at radius 3 is 2.66 bits per heavy atom. The predicted octanol–water partition coefficient (Wildman–Crippen LogP) is -2.77. The molecular weight excluding hydrogens is 411 g/mol. The first kappa shape index (κ1) is 20.3. The van der Waals surface area contributed by atoms with Crippen molar-refractivity contribution in [1.29, 1.82) is 0 Å². The minimum Gasteiger partial charge on any atom is -0.487 e. The van der Waals surface area contributed by atoms with Crippen LogP contribution in [0, 0.1) is 0 Å². The van der Waals surface area contributed by atoms with E-state index in [1.165, 1.54) is 0 Å². The summed E-state index contributed by atoms with van der Waals surface area (Å²) in [6.45, 7) is -0.0261. The molecule has 0 aromatic carbocycles. The van der Waals surface area contributed by atoms with E-state index in [1.807, 2.05) is 23.5 Å². The zero-order valence-electron chi connectivity index (χ0n) is 18.0. The summed E-state index contributed by atoms with van der Waals surface area (Å²) in [5.74, 6) is 0.576. The Kier molecular flexibility index (Phi) is 4.61. The van der Waals surface area contributed by atoms with Gasteiger partial charge in [0.15, 0.2) is 23.0 Å². The van der Waals surface area contributed by atoms with Gasteiger partial charge in [0.1, 0.15) is 41.7 Å². The van der Waals surface area contributed by atoms with Gasteiger partial charge in [-0.05, 0) is 30.2 Å². The summed E-state index contributed by atoms with van der Waals surface area (Å²) in [7, 11) is 5.70. The maximum Gasteiger partial charge on any atom is 0.274 e. The van der Waals surface area contributed by atoms with E-state index in [-0.39, 0.29) is 18.2 Å². The molecule has 3 aromatic heterocycles. The van der Waals surface area contributed by atoms with Crippen LogP contribution in [0.3, 0.4) is 0 Å². The number of ether oxygens (including phenoxy) is 1. The second-order valence-electron chi connectivity index (χ2n) is 8.93. The van der Waals surface area contributed by atoms with Gasteiger partial charge in [0.2, 0.25) is 0 Å². The average Bonchev–Trinajstić information content (AvgIpc) is 3.17. The fraction of sp³-hybridized carbons (Fsp3) is 0.333. The number of pyridine rings is 1. The highest BCUT2D eigenvalue weighted by Gasteiger charge is 2.52. The Morgan fingerprint density at radius 2 is 1.97 bits per heavy atom. The van der Waals surface area contributed by atoms with Crippen LogP contribution < -0.4 is 15.0 Å². The van der Waals surface area contributed by atoms with Gasteiger partial charge in [-0.15, -0.1) is 0 Å². The van der Waals surface area contributed by atoms with Gasteiger partial charge in [0, 0.05) is 12.3 Å². The third kappa shape index (κ3) is 3.35. The Balaban J connectivity index is 1.37. The quantitative estimate of drug-likeness (QED) is 0.431. The Labute approximate surface area is 186 Å². The van der Waals surface area contributed by atoms with Gasteiger partial charge in [-0.25, -0.2) is 4.98 Å². The van der Waals surface area contributed by atoms with Crippen molar-refractivity contribution in [3.05, 3.63) is 48.2 Å². The zero-order chi connectivity index (χ0) is 22.5. The molecule has 1 fully saturated rings. The molecule has 3 aromatic rings. The lowest BCUT2D eigenvalue weighted by Gasteiger charge is -2.36. The number of carbonyl (C=O) groups is 2. The molecule has 2 amide bonds. The highest BCUT2D eigenvalue weighted by molar-refractivity contribution is 6.62. The number of hydrogen-bond donors (Lipinski definition) is 1. The molecule has 11 nitrogen and oxygen atoms in total. The summed E-state index contributed by atoms with van der Waals surface area (Å²) in [6.07, 6.45) is 6.37. The molecule has 32 heavy (non-hydrogen) atoms. The summed E-state index contributed by atoms with van der Waals surface area (Å²) in [6, 6.07) is 4.15. The van der Waals surface area contributed by atoms with Gasteiger partial charge in [-0.3, -0.25) is 9.59 Å². The van der Waals surface area contributed by atoms with Gasteiger partial charge in [0.25, 0.3) is 11.8 Å². The minimum atomic E-state index is -0.918. The topological polar surface area (TPSA) is 128 Å². The molecule has 5 rings (SSSR count). The third-order valence-corrected chi connectivity index (χ3v) is 5.59. The van der Waals surface area contributed by atoms with Gasteiger partial charge in [-0.1, -0.05) is 5.16 Å². The maximum atomic E-state index is 13.4. The van der Waals surface area contributed by atoms with Crippen LogP contribution in [-0.2, 0) is 10.3 Å². The number of anilines is 1. The van der Waals surface area contributed by atoms with Gasteiger partial charge in [0.05, 0.1) is 12.4 Å². The number of nitrogens with one attached hydrogen (secondary N) is 1. The van der Waals surface area contributed by atoms with E-state index >= 15 is 0 Å². The van der Waals surface area contributed by atoms with Crippen molar-refractivity contribution < 1.29 is 18.8 Å². The van der Waals surface area contributed by atoms with E-state index in [0.717, 1.165) is 12.8 Å². The molecule has 0 radical (unpaired) electrons. The molecule has 1 atom stereocenters. The van der Waals surface area contributed by atoms with E-state index < -0.39 is 22.7 Å². The van der Waals surface area contributed by atoms with Crippen LogP contribution in [0.5, 0.6) is 5.75 Å². The lowest BCUT2D eigenvalue weighted by molar-refractivity contribution is -0.120. The maximum absolute atomic E-state index is 13.4. The standard InChI is InChI=1S/C18H20B3N7O4/c19-18(20,21)27-14-12(2-1-5-22-14)31-9-11(16(27)30)25-15(29)10-8-13(32-26-10)17(3-4-17)28-23-6-7-24-28/h1-2,5-8,11H,3-4,9,19-21H2,(H,25,29)/t11-/m0/s1. The van der Waals surface area contributed by atoms with Crippen LogP contribution in [0.4, 0.5) is 5.82 Å². The van der Waals surface area contributed by atoms with Gasteiger partial charge in [-0.2, -0.15) is 15.0 Å². The van der Waals surface area contributed by atoms with E-state index in [0.29, 0.717) is 17.3 Å². The molecule has 4 heterocycles. The van der Waals surface area contributed by atoms with E-state index in [9.17, 15) is 9.59 Å². The second kappa shape index (κ2) is 7.25. The fourth-order valence-electron chi connectivity index (χ4n) is 3.85. The largest absolute Gasteiger partial charge is 0.487 e. The third-order valence-electron chi connectivity index (χ3n) is 5.59. The highest BCUT2D eigenvalue weighted by Crippen LogP contribution is 2.48. The minimum absolute atomic E-state index is 0.0261. The van der Waals surface area contributed by atoms with E-state index in [4.69, 9.17) is 9.26 Å². The number of rotatable bonds is 5. The zero-order valence-corrected chi connectivity index (χ0v) is 18.0. The number of amides is 2. The van der Waals surface area contributed by atoms with Crippen LogP contribution in [0.2, 0.25) is 0 Å². The Morgan fingerprint density at radius 1 is 1.22 bits per heavy atom. The van der Waals surface area contributed by atoms with Crippen molar-refractivity contribution in [2.24, 2.45) is 0 Å². The molecule has 0 unspecified atom stereocenters. The SMILES string of the molecule is BC(B)(B)N1C(=O)[C@@H](NC(=O)c2cc(C3(n4nccn4)CC3)on2)COc2cccnc21. The van der Waals surface area contributed by atoms with Crippen LogP contribution >= 0.6 is 0 Å². The van der Waals surface area contributed by atoms with E-state index in [2.05, 4.69) is 25.7 Å². The first-order valence-corrected chi connectivity index (χ1v) is 10.4. The second-order valence-corrected chi connectivity index (χ2v) is 8.93. The molecule has 1 saturated carbocycles. The number of fused-ring (bicyclic) bond motifs is 1. The average molecular weight is 431 g/mol. The Hall–Kier alpha value is -3.57. The first-order valence-electron chi connectivity index (χ1n) is 10.4. The molecule has 0 spiro atoms. The van der Waals surface area contributed by atoms with Crippen molar-refractivity contribution in [3.8, 4) is 5.75 Å². The number of nitrogens with zero attached hydrogens (tertiary/aromatic N) is 6. The number of hydrogen-bond acceptors (Lipinski definition) is 8. The normalized spacial score (nSPS) is 19.6. The van der Waals surface area contributed by atoms with Crippen LogP contribution in [0.25, 0.3) is 0 Å². The van der Waals surface area contributed by atoms with Crippen LogP contribution in [0.15, 0.2) is 41.3 Å². The molecular formula is C18H20B3N7O4. The lowest BCUT2D eigenvalue weighted by atomic mass is 9.48. The summed E-state index contributed by atoms with van der Waals surface area (Å²) in [5, 5.41) is 14.5. The summed E-state index contributed by atoms with van der Waals surface area (Å²) >= 11 is 0. The predicted molar refractivity (Wildman–Crippen MR) is 120 cm³/mol. The molecule has 0 bridgehead atoms. The summed E-state index contributed by atoms with van der Waals surface area (Å²) < 4.78 is 11.3. The summed E-state index contributed by atoms with van der Waals surface area (Å²) in [5.41, 5.74) is -0.430. The lowest BCUT2D eigenvalue weighted by Crippen LogP contribution is -2.60. The van der Waals surface area contributed by atoms with Crippen LogP contribution in [-0.4, -0.2) is 78.4 Å². The van der Waals surface area contributed by atoms with E-state index in [1.54, 1.807) is 46.5 Å². The molecule has 1 aliphatic carbocycles. The fourth-order valence-corrected chi connectivity index (χ4v) is 3.85. The molecule has 0 saturated heterocycles. The van der Waals surface area contributed by atoms with Crippen molar-refractivity contribution in [2.45, 2.75) is 29.7 Å². The first-order chi connectivity index (χ1) is 15.3. The molecule has 2 aliphatic rings. The monoisotopic (exact) mass is 431 g/mol. The molecule has 1 N–H and O–H groups in total. The highest BCUT2D eigenvalue weighted by atomic mass is 16.5. The molecule has 14 heteroatoms. The number of aromatic nitrogens is 5. The van der Waals surface area contributed by atoms with Crippen molar-refractivity contribution >= 4 is 41.2 Å². The van der Waals surface area contributed by atoms with Crippen molar-refractivity contribution in [3.63, 3.8) is 0 Å². The van der Waals surface area contributed by atoms with Crippen molar-refractivity contribution in [1.82, 2.24) is 30.5 Å². The molecule has 160 valence electrons. The van der Waals surface area contributed by atoms with Crippen molar-refractivity contribution in [2.75, 3.05) is 11.5 Å².